The Hall–Kier alpha value is -0.410. The predicted octanol–water partition coefficient (Wildman–Crippen LogP) is 4.94. The van der Waals surface area contributed by atoms with Crippen LogP contribution in [0.5, 0.6) is 0 Å². The van der Waals surface area contributed by atoms with Crippen molar-refractivity contribution in [1.82, 2.24) is 5.32 Å². The molecule has 0 aliphatic heterocycles. The van der Waals surface area contributed by atoms with Crippen LogP contribution in [0.2, 0.25) is 0 Å². The standard InChI is InChI=1S/C16H25BrFN/c1-4-9-19-16(12(5-2)6-3)10-13-7-8-14(17)11-15(13)18/h7-8,11-12,16,19H,4-6,9-10H2,1-3H3. The predicted molar refractivity (Wildman–Crippen MR) is 84.0 cm³/mol. The van der Waals surface area contributed by atoms with Crippen LogP contribution in [0, 0.1) is 11.7 Å². The third-order valence-electron chi connectivity index (χ3n) is 3.73. The van der Waals surface area contributed by atoms with Gasteiger partial charge in [-0.25, -0.2) is 4.39 Å². The molecule has 0 aliphatic rings. The normalized spacial score (nSPS) is 12.9. The van der Waals surface area contributed by atoms with E-state index in [9.17, 15) is 4.39 Å². The molecule has 0 heterocycles. The molecule has 1 rings (SSSR count). The Bertz CT molecular complexity index is 377. The van der Waals surface area contributed by atoms with Gasteiger partial charge in [0.1, 0.15) is 5.82 Å². The molecule has 0 aromatic heterocycles. The van der Waals surface area contributed by atoms with Gasteiger partial charge in [-0.05, 0) is 43.0 Å². The maximum Gasteiger partial charge on any atom is 0.127 e. The Morgan fingerprint density at radius 1 is 1.21 bits per heavy atom. The van der Waals surface area contributed by atoms with Crippen molar-refractivity contribution in [2.24, 2.45) is 5.92 Å². The summed E-state index contributed by atoms with van der Waals surface area (Å²) in [6, 6.07) is 5.73. The Labute approximate surface area is 125 Å². The third-order valence-corrected chi connectivity index (χ3v) is 4.22. The van der Waals surface area contributed by atoms with Gasteiger partial charge in [0.05, 0.1) is 0 Å². The van der Waals surface area contributed by atoms with Gasteiger partial charge in [-0.1, -0.05) is 55.6 Å². The van der Waals surface area contributed by atoms with E-state index in [1.807, 2.05) is 12.1 Å². The van der Waals surface area contributed by atoms with Crippen LogP contribution in [-0.4, -0.2) is 12.6 Å². The largest absolute Gasteiger partial charge is 0.313 e. The smallest absolute Gasteiger partial charge is 0.127 e. The molecule has 1 unspecified atom stereocenters. The minimum atomic E-state index is -0.108. The summed E-state index contributed by atoms with van der Waals surface area (Å²) in [5.41, 5.74) is 0.809. The van der Waals surface area contributed by atoms with E-state index < -0.39 is 0 Å². The highest BCUT2D eigenvalue weighted by Gasteiger charge is 2.19. The van der Waals surface area contributed by atoms with Crippen LogP contribution in [0.25, 0.3) is 0 Å². The lowest BCUT2D eigenvalue weighted by Crippen LogP contribution is -2.38. The zero-order chi connectivity index (χ0) is 14.3. The van der Waals surface area contributed by atoms with Crippen molar-refractivity contribution in [3.05, 3.63) is 34.1 Å². The molecule has 1 nitrogen and oxygen atoms in total. The number of benzene rings is 1. The van der Waals surface area contributed by atoms with Crippen LogP contribution in [0.3, 0.4) is 0 Å². The lowest BCUT2D eigenvalue weighted by atomic mass is 9.89. The molecule has 1 atom stereocenters. The second-order valence-electron chi connectivity index (χ2n) is 5.08. The first-order valence-electron chi connectivity index (χ1n) is 7.29. The van der Waals surface area contributed by atoms with Crippen LogP contribution >= 0.6 is 15.9 Å². The number of rotatable bonds is 8. The van der Waals surface area contributed by atoms with Crippen molar-refractivity contribution in [2.75, 3.05) is 6.54 Å². The highest BCUT2D eigenvalue weighted by molar-refractivity contribution is 9.10. The quantitative estimate of drug-likeness (QED) is 0.712. The van der Waals surface area contributed by atoms with Gasteiger partial charge in [-0.2, -0.15) is 0 Å². The molecule has 0 aliphatic carbocycles. The van der Waals surface area contributed by atoms with Crippen LogP contribution < -0.4 is 5.32 Å². The van der Waals surface area contributed by atoms with Crippen LogP contribution in [0.15, 0.2) is 22.7 Å². The van der Waals surface area contributed by atoms with Crippen molar-refractivity contribution < 1.29 is 4.39 Å². The maximum absolute atomic E-state index is 13.9. The van der Waals surface area contributed by atoms with Gasteiger partial charge >= 0.3 is 0 Å². The van der Waals surface area contributed by atoms with Crippen molar-refractivity contribution in [2.45, 2.75) is 52.5 Å². The first-order chi connectivity index (χ1) is 9.12. The topological polar surface area (TPSA) is 12.0 Å². The zero-order valence-corrected chi connectivity index (χ0v) is 13.8. The first-order valence-corrected chi connectivity index (χ1v) is 8.08. The van der Waals surface area contributed by atoms with Gasteiger partial charge in [0.2, 0.25) is 0 Å². The van der Waals surface area contributed by atoms with Crippen molar-refractivity contribution in [1.29, 1.82) is 0 Å². The van der Waals surface area contributed by atoms with Crippen molar-refractivity contribution in [3.8, 4) is 0 Å². The first kappa shape index (κ1) is 16.6. The fourth-order valence-corrected chi connectivity index (χ4v) is 2.85. The van der Waals surface area contributed by atoms with E-state index in [1.54, 1.807) is 6.07 Å². The van der Waals surface area contributed by atoms with E-state index in [2.05, 4.69) is 42.0 Å². The minimum absolute atomic E-state index is 0.108. The molecule has 1 N–H and O–H groups in total. The monoisotopic (exact) mass is 329 g/mol. The van der Waals surface area contributed by atoms with E-state index in [-0.39, 0.29) is 5.82 Å². The average molecular weight is 330 g/mol. The molecular weight excluding hydrogens is 305 g/mol. The molecule has 0 radical (unpaired) electrons. The summed E-state index contributed by atoms with van der Waals surface area (Å²) in [6.07, 6.45) is 4.15. The molecule has 0 bridgehead atoms. The van der Waals surface area contributed by atoms with Gasteiger partial charge < -0.3 is 5.32 Å². The zero-order valence-electron chi connectivity index (χ0n) is 12.2. The SMILES string of the molecule is CCCNC(Cc1ccc(Br)cc1F)C(CC)CC. The summed E-state index contributed by atoms with van der Waals surface area (Å²) in [5, 5.41) is 3.58. The van der Waals surface area contributed by atoms with E-state index in [4.69, 9.17) is 0 Å². The summed E-state index contributed by atoms with van der Waals surface area (Å²) in [6.45, 7) is 7.59. The fraction of sp³-hybridized carbons (Fsp3) is 0.625. The van der Waals surface area contributed by atoms with Gasteiger partial charge in [0.15, 0.2) is 0 Å². The van der Waals surface area contributed by atoms with Gasteiger partial charge in [-0.3, -0.25) is 0 Å². The fourth-order valence-electron chi connectivity index (χ4n) is 2.52. The molecule has 3 heteroatoms. The second kappa shape index (κ2) is 8.70. The number of hydrogen-bond acceptors (Lipinski definition) is 1. The van der Waals surface area contributed by atoms with Crippen LogP contribution in [0.1, 0.15) is 45.6 Å². The Kier molecular flexibility index (Phi) is 7.62. The van der Waals surface area contributed by atoms with E-state index >= 15 is 0 Å². The molecule has 19 heavy (non-hydrogen) atoms. The highest BCUT2D eigenvalue weighted by Crippen LogP contribution is 2.21. The summed E-state index contributed by atoms with van der Waals surface area (Å²) in [7, 11) is 0. The third kappa shape index (κ3) is 5.23. The summed E-state index contributed by atoms with van der Waals surface area (Å²) in [4.78, 5) is 0. The summed E-state index contributed by atoms with van der Waals surface area (Å²) >= 11 is 3.31. The molecular formula is C16H25BrFN. The van der Waals surface area contributed by atoms with E-state index in [0.29, 0.717) is 12.0 Å². The van der Waals surface area contributed by atoms with Crippen LogP contribution in [0.4, 0.5) is 4.39 Å². The van der Waals surface area contributed by atoms with Crippen molar-refractivity contribution >= 4 is 15.9 Å². The Morgan fingerprint density at radius 2 is 1.89 bits per heavy atom. The number of nitrogens with one attached hydrogen (secondary N) is 1. The highest BCUT2D eigenvalue weighted by atomic mass is 79.9. The molecule has 1 aromatic carbocycles. The summed E-state index contributed by atoms with van der Waals surface area (Å²) < 4.78 is 14.7. The Morgan fingerprint density at radius 3 is 2.42 bits per heavy atom. The molecule has 0 saturated heterocycles. The number of hydrogen-bond donors (Lipinski definition) is 1. The molecule has 1 aromatic rings. The molecule has 0 amide bonds. The Balaban J connectivity index is 2.80. The molecule has 108 valence electrons. The number of halogens is 2. The van der Waals surface area contributed by atoms with Gasteiger partial charge in [0.25, 0.3) is 0 Å². The van der Waals surface area contributed by atoms with Crippen molar-refractivity contribution in [3.63, 3.8) is 0 Å². The van der Waals surface area contributed by atoms with Gasteiger partial charge in [-0.15, -0.1) is 0 Å². The lowest BCUT2D eigenvalue weighted by molar-refractivity contribution is 0.329. The van der Waals surface area contributed by atoms with E-state index in [1.165, 1.54) is 0 Å². The summed E-state index contributed by atoms with van der Waals surface area (Å²) in [5.74, 6) is 0.498. The van der Waals surface area contributed by atoms with E-state index in [0.717, 1.165) is 42.3 Å². The lowest BCUT2D eigenvalue weighted by Gasteiger charge is -2.27. The average Bonchev–Trinajstić information content (AvgIpc) is 2.39. The molecule has 0 fully saturated rings. The minimum Gasteiger partial charge on any atom is -0.313 e. The second-order valence-corrected chi connectivity index (χ2v) is 5.99. The van der Waals surface area contributed by atoms with Crippen LogP contribution in [-0.2, 0) is 6.42 Å². The molecule has 0 saturated carbocycles. The maximum atomic E-state index is 13.9. The molecule has 0 spiro atoms. The van der Waals surface area contributed by atoms with Gasteiger partial charge in [0, 0.05) is 10.5 Å².